The van der Waals surface area contributed by atoms with Crippen LogP contribution in [0, 0.1) is 0 Å². The average molecular weight is 359 g/mol. The number of amides is 1. The maximum atomic E-state index is 11.9. The quantitative estimate of drug-likeness (QED) is 0.659. The molecular formula is C20H26N2O2S. The molecule has 0 aliphatic rings. The lowest BCUT2D eigenvalue weighted by Gasteiger charge is -2.19. The van der Waals surface area contributed by atoms with E-state index in [1.54, 1.807) is 18.9 Å². The average Bonchev–Trinajstić information content (AvgIpc) is 2.66. The van der Waals surface area contributed by atoms with Crippen LogP contribution in [0.5, 0.6) is 5.75 Å². The van der Waals surface area contributed by atoms with Crippen molar-refractivity contribution in [1.29, 1.82) is 0 Å². The summed E-state index contributed by atoms with van der Waals surface area (Å²) in [6.07, 6.45) is 0.931. The van der Waals surface area contributed by atoms with Gasteiger partial charge in [0.25, 0.3) is 0 Å². The summed E-state index contributed by atoms with van der Waals surface area (Å²) in [4.78, 5) is 14.1. The maximum Gasteiger partial charge on any atom is 0.230 e. The first-order chi connectivity index (χ1) is 12.2. The van der Waals surface area contributed by atoms with E-state index in [0.29, 0.717) is 12.3 Å². The third kappa shape index (κ3) is 7.10. The van der Waals surface area contributed by atoms with Gasteiger partial charge in [-0.25, -0.2) is 0 Å². The van der Waals surface area contributed by atoms with Crippen LogP contribution in [0.25, 0.3) is 0 Å². The molecule has 2 aromatic carbocycles. The van der Waals surface area contributed by atoms with E-state index in [1.165, 1.54) is 11.3 Å². The molecule has 0 saturated heterocycles. The van der Waals surface area contributed by atoms with E-state index in [4.69, 9.17) is 4.74 Å². The van der Waals surface area contributed by atoms with Crippen LogP contribution in [0.2, 0.25) is 0 Å². The Morgan fingerprint density at radius 1 is 1.12 bits per heavy atom. The van der Waals surface area contributed by atoms with Gasteiger partial charge in [0.1, 0.15) is 5.75 Å². The van der Waals surface area contributed by atoms with E-state index >= 15 is 0 Å². The molecule has 25 heavy (non-hydrogen) atoms. The number of thioether (sulfide) groups is 1. The van der Waals surface area contributed by atoms with E-state index in [2.05, 4.69) is 29.4 Å². The molecular weight excluding hydrogens is 332 g/mol. The van der Waals surface area contributed by atoms with Crippen LogP contribution in [0.15, 0.2) is 54.6 Å². The second kappa shape index (κ2) is 10.7. The highest BCUT2D eigenvalue weighted by atomic mass is 32.2. The van der Waals surface area contributed by atoms with Crippen molar-refractivity contribution in [3.63, 3.8) is 0 Å². The number of carbonyl (C=O) groups is 1. The third-order valence-electron chi connectivity index (χ3n) is 3.85. The normalized spacial score (nSPS) is 10.3. The summed E-state index contributed by atoms with van der Waals surface area (Å²) in [7, 11) is 3.73. The summed E-state index contributed by atoms with van der Waals surface area (Å²) < 4.78 is 5.14. The molecule has 0 fully saturated rings. The van der Waals surface area contributed by atoms with E-state index in [0.717, 1.165) is 24.5 Å². The fourth-order valence-electron chi connectivity index (χ4n) is 2.39. The Morgan fingerprint density at radius 2 is 1.84 bits per heavy atom. The number of rotatable bonds is 10. The van der Waals surface area contributed by atoms with Crippen LogP contribution in [0.4, 0.5) is 5.69 Å². The van der Waals surface area contributed by atoms with Crippen molar-refractivity contribution in [3.05, 3.63) is 60.2 Å². The second-order valence-electron chi connectivity index (χ2n) is 5.80. The molecule has 2 aromatic rings. The largest absolute Gasteiger partial charge is 0.497 e. The minimum Gasteiger partial charge on any atom is -0.497 e. The topological polar surface area (TPSA) is 41.6 Å². The monoisotopic (exact) mass is 358 g/mol. The number of para-hydroxylation sites is 1. The van der Waals surface area contributed by atoms with Gasteiger partial charge >= 0.3 is 0 Å². The molecule has 0 atom stereocenters. The molecule has 2 rings (SSSR count). The van der Waals surface area contributed by atoms with Gasteiger partial charge in [0.15, 0.2) is 0 Å². The number of hydrogen-bond acceptors (Lipinski definition) is 4. The van der Waals surface area contributed by atoms with Crippen molar-refractivity contribution < 1.29 is 9.53 Å². The van der Waals surface area contributed by atoms with Crippen LogP contribution < -0.4 is 15.0 Å². The zero-order valence-corrected chi connectivity index (χ0v) is 15.7. The summed E-state index contributed by atoms with van der Waals surface area (Å²) in [5.74, 6) is 2.27. The number of benzene rings is 2. The number of nitrogens with zero attached hydrogens (tertiary/aromatic N) is 1. The first-order valence-electron chi connectivity index (χ1n) is 8.42. The molecule has 0 bridgehead atoms. The molecule has 5 heteroatoms. The summed E-state index contributed by atoms with van der Waals surface area (Å²) in [6, 6.07) is 18.2. The van der Waals surface area contributed by atoms with Gasteiger partial charge in [-0.1, -0.05) is 30.3 Å². The van der Waals surface area contributed by atoms with Crippen LogP contribution in [-0.2, 0) is 10.5 Å². The number of methoxy groups -OCH3 is 1. The van der Waals surface area contributed by atoms with Crippen LogP contribution in [0.3, 0.4) is 0 Å². The zero-order valence-electron chi connectivity index (χ0n) is 14.9. The van der Waals surface area contributed by atoms with Crippen LogP contribution in [0.1, 0.15) is 12.0 Å². The molecule has 0 aromatic heterocycles. The van der Waals surface area contributed by atoms with Crippen LogP contribution >= 0.6 is 11.8 Å². The van der Waals surface area contributed by atoms with Crippen molar-refractivity contribution in [3.8, 4) is 5.75 Å². The van der Waals surface area contributed by atoms with E-state index in [-0.39, 0.29) is 5.91 Å². The van der Waals surface area contributed by atoms with E-state index < -0.39 is 0 Å². The molecule has 4 nitrogen and oxygen atoms in total. The summed E-state index contributed by atoms with van der Waals surface area (Å²) in [6.45, 7) is 1.63. The number of ether oxygens (including phenoxy) is 1. The number of anilines is 1. The highest BCUT2D eigenvalue weighted by Gasteiger charge is 2.03. The Kier molecular flexibility index (Phi) is 8.19. The molecule has 1 amide bonds. The number of hydrogen-bond donors (Lipinski definition) is 1. The van der Waals surface area contributed by atoms with Crippen molar-refractivity contribution in [2.24, 2.45) is 0 Å². The lowest BCUT2D eigenvalue weighted by molar-refractivity contribution is -0.118. The standard InChI is InChI=1S/C20H26N2O2S/c1-22(18-7-4-3-5-8-18)14-6-13-21-20(23)16-25-15-17-9-11-19(24-2)12-10-17/h3-5,7-12H,6,13-16H2,1-2H3,(H,21,23). The Balaban J connectivity index is 1.56. The molecule has 0 spiro atoms. The molecule has 1 N–H and O–H groups in total. The number of nitrogens with one attached hydrogen (secondary N) is 1. The smallest absolute Gasteiger partial charge is 0.230 e. The molecule has 134 valence electrons. The second-order valence-corrected chi connectivity index (χ2v) is 6.79. The lowest BCUT2D eigenvalue weighted by atomic mass is 10.2. The van der Waals surface area contributed by atoms with Gasteiger partial charge in [-0.3, -0.25) is 4.79 Å². The summed E-state index contributed by atoms with van der Waals surface area (Å²) >= 11 is 1.63. The van der Waals surface area contributed by atoms with E-state index in [1.807, 2.05) is 42.5 Å². The first kappa shape index (κ1) is 19.2. The Morgan fingerprint density at radius 3 is 2.52 bits per heavy atom. The SMILES string of the molecule is COc1ccc(CSCC(=O)NCCCN(C)c2ccccc2)cc1. The molecule has 0 radical (unpaired) electrons. The number of carbonyl (C=O) groups excluding carboxylic acids is 1. The van der Waals surface area contributed by atoms with Gasteiger partial charge in [0.2, 0.25) is 5.91 Å². The summed E-state index contributed by atoms with van der Waals surface area (Å²) in [5, 5.41) is 2.99. The molecule has 0 saturated carbocycles. The first-order valence-corrected chi connectivity index (χ1v) is 9.58. The predicted octanol–water partition coefficient (Wildman–Crippen LogP) is 3.57. The summed E-state index contributed by atoms with van der Waals surface area (Å²) in [5.41, 5.74) is 2.40. The highest BCUT2D eigenvalue weighted by molar-refractivity contribution is 7.99. The van der Waals surface area contributed by atoms with Crippen molar-refractivity contribution >= 4 is 23.4 Å². The van der Waals surface area contributed by atoms with Gasteiger partial charge in [0, 0.05) is 31.6 Å². The third-order valence-corrected chi connectivity index (χ3v) is 4.85. The van der Waals surface area contributed by atoms with Crippen molar-refractivity contribution in [2.75, 3.05) is 37.9 Å². The van der Waals surface area contributed by atoms with E-state index in [9.17, 15) is 4.79 Å². The van der Waals surface area contributed by atoms with Gasteiger partial charge in [-0.2, -0.15) is 0 Å². The Bertz CT molecular complexity index is 632. The van der Waals surface area contributed by atoms with Gasteiger partial charge in [-0.15, -0.1) is 11.8 Å². The minimum absolute atomic E-state index is 0.0980. The Hall–Kier alpha value is -2.14. The zero-order chi connectivity index (χ0) is 17.9. The fourth-order valence-corrected chi connectivity index (χ4v) is 3.21. The van der Waals surface area contributed by atoms with Crippen molar-refractivity contribution in [2.45, 2.75) is 12.2 Å². The van der Waals surface area contributed by atoms with Gasteiger partial charge in [0.05, 0.1) is 12.9 Å². The lowest BCUT2D eigenvalue weighted by Crippen LogP contribution is -2.29. The Labute approximate surface area is 154 Å². The highest BCUT2D eigenvalue weighted by Crippen LogP contribution is 2.16. The molecule has 0 unspecified atom stereocenters. The van der Waals surface area contributed by atoms with Gasteiger partial charge < -0.3 is 15.0 Å². The van der Waals surface area contributed by atoms with Crippen molar-refractivity contribution in [1.82, 2.24) is 5.32 Å². The minimum atomic E-state index is 0.0980. The van der Waals surface area contributed by atoms with Gasteiger partial charge in [-0.05, 0) is 36.2 Å². The maximum absolute atomic E-state index is 11.9. The molecule has 0 aliphatic carbocycles. The molecule has 0 heterocycles. The predicted molar refractivity (Wildman–Crippen MR) is 106 cm³/mol. The van der Waals surface area contributed by atoms with Crippen LogP contribution in [-0.4, -0.2) is 38.9 Å². The molecule has 0 aliphatic heterocycles. The fraction of sp³-hybridized carbons (Fsp3) is 0.350.